The first-order valence-corrected chi connectivity index (χ1v) is 7.86. The van der Waals surface area contributed by atoms with E-state index in [0.717, 1.165) is 11.8 Å². The van der Waals surface area contributed by atoms with Gasteiger partial charge in [-0.2, -0.15) is 0 Å². The lowest BCUT2D eigenvalue weighted by Gasteiger charge is -2.28. The van der Waals surface area contributed by atoms with Crippen LogP contribution >= 0.6 is 0 Å². The highest BCUT2D eigenvalue weighted by atomic mass is 14.9. The van der Waals surface area contributed by atoms with Crippen LogP contribution in [0.5, 0.6) is 0 Å². The van der Waals surface area contributed by atoms with Crippen LogP contribution in [0.3, 0.4) is 0 Å². The summed E-state index contributed by atoms with van der Waals surface area (Å²) in [5.41, 5.74) is 4.22. The van der Waals surface area contributed by atoms with Gasteiger partial charge in [0.05, 0.1) is 0 Å². The van der Waals surface area contributed by atoms with E-state index in [4.69, 9.17) is 0 Å². The summed E-state index contributed by atoms with van der Waals surface area (Å²) in [6, 6.07) is 7.27. The van der Waals surface area contributed by atoms with Crippen LogP contribution < -0.4 is 5.32 Å². The Morgan fingerprint density at radius 2 is 2.05 bits per heavy atom. The molecule has 3 atom stereocenters. The van der Waals surface area contributed by atoms with Gasteiger partial charge in [0.25, 0.3) is 0 Å². The highest BCUT2D eigenvalue weighted by molar-refractivity contribution is 5.32. The maximum absolute atomic E-state index is 3.75. The molecule has 1 aliphatic carbocycles. The molecule has 0 aliphatic heterocycles. The molecule has 106 valence electrons. The van der Waals surface area contributed by atoms with Crippen molar-refractivity contribution in [1.29, 1.82) is 0 Å². The van der Waals surface area contributed by atoms with E-state index in [2.05, 4.69) is 51.2 Å². The highest BCUT2D eigenvalue weighted by Crippen LogP contribution is 2.28. The molecule has 19 heavy (non-hydrogen) atoms. The summed E-state index contributed by atoms with van der Waals surface area (Å²) < 4.78 is 0. The SMILES string of the molecule is Cc1ccc(C(C)NCC2CCCC(C)C2)c(C)c1. The lowest BCUT2D eigenvalue weighted by molar-refractivity contribution is 0.268. The molecule has 1 heteroatoms. The van der Waals surface area contributed by atoms with Crippen LogP contribution in [0.2, 0.25) is 0 Å². The Kier molecular flexibility index (Phi) is 5.04. The van der Waals surface area contributed by atoms with Crippen molar-refractivity contribution >= 4 is 0 Å². The van der Waals surface area contributed by atoms with Crippen molar-refractivity contribution in [3.8, 4) is 0 Å². The maximum Gasteiger partial charge on any atom is 0.0294 e. The average molecular weight is 259 g/mol. The third kappa shape index (κ3) is 4.07. The second-order valence-electron chi connectivity index (χ2n) is 6.63. The first-order chi connectivity index (χ1) is 9.06. The molecule has 0 saturated heterocycles. The van der Waals surface area contributed by atoms with Crippen LogP contribution in [0.25, 0.3) is 0 Å². The molecule has 0 bridgehead atoms. The Balaban J connectivity index is 1.88. The summed E-state index contributed by atoms with van der Waals surface area (Å²) >= 11 is 0. The molecule has 1 nitrogen and oxygen atoms in total. The number of nitrogens with one attached hydrogen (secondary N) is 1. The number of hydrogen-bond acceptors (Lipinski definition) is 1. The van der Waals surface area contributed by atoms with Gasteiger partial charge in [0.15, 0.2) is 0 Å². The number of benzene rings is 1. The van der Waals surface area contributed by atoms with Crippen LogP contribution in [0.15, 0.2) is 18.2 Å². The van der Waals surface area contributed by atoms with Gasteiger partial charge in [-0.25, -0.2) is 0 Å². The fourth-order valence-corrected chi connectivity index (χ4v) is 3.51. The summed E-state index contributed by atoms with van der Waals surface area (Å²) in [4.78, 5) is 0. The van der Waals surface area contributed by atoms with E-state index in [9.17, 15) is 0 Å². The van der Waals surface area contributed by atoms with E-state index in [-0.39, 0.29) is 0 Å². The number of hydrogen-bond donors (Lipinski definition) is 1. The number of aryl methyl sites for hydroxylation is 2. The first-order valence-electron chi connectivity index (χ1n) is 7.86. The topological polar surface area (TPSA) is 12.0 Å². The van der Waals surface area contributed by atoms with Gasteiger partial charge >= 0.3 is 0 Å². The highest BCUT2D eigenvalue weighted by Gasteiger charge is 2.19. The predicted octanol–water partition coefficient (Wildman–Crippen LogP) is 4.78. The zero-order chi connectivity index (χ0) is 13.8. The molecular formula is C18H29N. The van der Waals surface area contributed by atoms with E-state index in [1.54, 1.807) is 0 Å². The largest absolute Gasteiger partial charge is 0.310 e. The van der Waals surface area contributed by atoms with Gasteiger partial charge in [0, 0.05) is 6.04 Å². The minimum atomic E-state index is 0.470. The van der Waals surface area contributed by atoms with Crippen LogP contribution in [0.4, 0.5) is 0 Å². The summed E-state index contributed by atoms with van der Waals surface area (Å²) in [6.07, 6.45) is 5.68. The lowest BCUT2D eigenvalue weighted by atomic mass is 9.82. The van der Waals surface area contributed by atoms with Crippen molar-refractivity contribution in [3.63, 3.8) is 0 Å². The molecular weight excluding hydrogens is 230 g/mol. The van der Waals surface area contributed by atoms with Gasteiger partial charge in [-0.3, -0.25) is 0 Å². The third-order valence-electron chi connectivity index (χ3n) is 4.65. The Hall–Kier alpha value is -0.820. The zero-order valence-electron chi connectivity index (χ0n) is 13.0. The fourth-order valence-electron chi connectivity index (χ4n) is 3.51. The summed E-state index contributed by atoms with van der Waals surface area (Å²) in [5, 5.41) is 3.75. The smallest absolute Gasteiger partial charge is 0.0294 e. The molecule has 1 aromatic carbocycles. The van der Waals surface area contributed by atoms with Crippen LogP contribution in [-0.2, 0) is 0 Å². The molecule has 2 rings (SSSR count). The molecule has 3 unspecified atom stereocenters. The van der Waals surface area contributed by atoms with E-state index >= 15 is 0 Å². The van der Waals surface area contributed by atoms with Crippen molar-refractivity contribution in [3.05, 3.63) is 34.9 Å². The Labute approximate surface area is 118 Å². The first kappa shape index (κ1) is 14.6. The Morgan fingerprint density at radius 3 is 2.74 bits per heavy atom. The molecule has 0 spiro atoms. The van der Waals surface area contributed by atoms with Gasteiger partial charge in [-0.15, -0.1) is 0 Å². The molecule has 0 heterocycles. The van der Waals surface area contributed by atoms with Crippen molar-refractivity contribution in [2.24, 2.45) is 11.8 Å². The van der Waals surface area contributed by atoms with Crippen LogP contribution in [0, 0.1) is 25.7 Å². The van der Waals surface area contributed by atoms with Gasteiger partial charge < -0.3 is 5.32 Å². The number of rotatable bonds is 4. The predicted molar refractivity (Wildman–Crippen MR) is 83.5 cm³/mol. The summed E-state index contributed by atoms with van der Waals surface area (Å²) in [5.74, 6) is 1.81. The van der Waals surface area contributed by atoms with E-state index in [0.29, 0.717) is 6.04 Å². The van der Waals surface area contributed by atoms with Gasteiger partial charge in [-0.1, -0.05) is 43.5 Å². The molecule has 0 radical (unpaired) electrons. The van der Waals surface area contributed by atoms with Gasteiger partial charge in [-0.05, 0) is 63.1 Å². The monoisotopic (exact) mass is 259 g/mol. The fraction of sp³-hybridized carbons (Fsp3) is 0.667. The molecule has 1 N–H and O–H groups in total. The van der Waals surface area contributed by atoms with E-state index in [1.165, 1.54) is 48.9 Å². The second kappa shape index (κ2) is 6.56. The second-order valence-corrected chi connectivity index (χ2v) is 6.63. The molecule has 1 saturated carbocycles. The molecule has 0 aromatic heterocycles. The molecule has 1 aromatic rings. The van der Waals surface area contributed by atoms with Crippen LogP contribution in [0.1, 0.15) is 62.3 Å². The van der Waals surface area contributed by atoms with E-state index < -0.39 is 0 Å². The third-order valence-corrected chi connectivity index (χ3v) is 4.65. The van der Waals surface area contributed by atoms with Crippen LogP contribution in [-0.4, -0.2) is 6.54 Å². The Bertz CT molecular complexity index is 410. The van der Waals surface area contributed by atoms with Crippen molar-refractivity contribution in [1.82, 2.24) is 5.32 Å². The average Bonchev–Trinajstić information content (AvgIpc) is 2.36. The van der Waals surface area contributed by atoms with Gasteiger partial charge in [0.2, 0.25) is 0 Å². The zero-order valence-corrected chi connectivity index (χ0v) is 13.0. The van der Waals surface area contributed by atoms with Crippen molar-refractivity contribution < 1.29 is 0 Å². The minimum absolute atomic E-state index is 0.470. The molecule has 1 aliphatic rings. The summed E-state index contributed by atoms with van der Waals surface area (Å²) in [6.45, 7) is 10.3. The maximum atomic E-state index is 3.75. The van der Waals surface area contributed by atoms with Gasteiger partial charge in [0.1, 0.15) is 0 Å². The molecule has 0 amide bonds. The normalized spacial score (nSPS) is 25.3. The van der Waals surface area contributed by atoms with Crippen molar-refractivity contribution in [2.45, 2.75) is 59.4 Å². The quantitative estimate of drug-likeness (QED) is 0.820. The van der Waals surface area contributed by atoms with E-state index in [1.807, 2.05) is 0 Å². The lowest BCUT2D eigenvalue weighted by Crippen LogP contribution is -2.29. The van der Waals surface area contributed by atoms with Crippen molar-refractivity contribution in [2.75, 3.05) is 6.54 Å². The summed E-state index contributed by atoms with van der Waals surface area (Å²) in [7, 11) is 0. The Morgan fingerprint density at radius 1 is 1.26 bits per heavy atom. The minimum Gasteiger partial charge on any atom is -0.310 e. The standard InChI is InChI=1S/C18H29N/c1-13-6-5-7-17(11-13)12-19-16(4)18-9-8-14(2)10-15(18)3/h8-10,13,16-17,19H,5-7,11-12H2,1-4H3. The molecule has 1 fully saturated rings.